The van der Waals surface area contributed by atoms with E-state index in [0.29, 0.717) is 13.1 Å². The Morgan fingerprint density at radius 2 is 1.85 bits per heavy atom. The highest BCUT2D eigenvalue weighted by atomic mass is 16.4. The van der Waals surface area contributed by atoms with Gasteiger partial charge in [0.15, 0.2) is 0 Å². The molecule has 2 N–H and O–H groups in total. The highest BCUT2D eigenvalue weighted by molar-refractivity contribution is 5.76. The fourth-order valence-electron chi connectivity index (χ4n) is 3.12. The van der Waals surface area contributed by atoms with Gasteiger partial charge in [0.25, 0.3) is 0 Å². The zero-order valence-electron chi connectivity index (χ0n) is 12.0. The van der Waals surface area contributed by atoms with Gasteiger partial charge < -0.3 is 20.2 Å². The van der Waals surface area contributed by atoms with E-state index in [2.05, 4.69) is 10.2 Å². The Bertz CT molecular complexity index is 343. The molecule has 0 saturated carbocycles. The number of rotatable bonds is 5. The molecule has 2 amide bonds. The smallest absolute Gasteiger partial charge is 0.317 e. The molecule has 0 bridgehead atoms. The lowest BCUT2D eigenvalue weighted by molar-refractivity contribution is -0.137. The van der Waals surface area contributed by atoms with Crippen molar-refractivity contribution in [2.75, 3.05) is 32.7 Å². The monoisotopic (exact) mass is 283 g/mol. The predicted octanol–water partition coefficient (Wildman–Crippen LogP) is 1.12. The molecule has 6 heteroatoms. The zero-order chi connectivity index (χ0) is 14.4. The molecule has 0 aromatic heterocycles. The van der Waals surface area contributed by atoms with Crippen molar-refractivity contribution < 1.29 is 14.7 Å². The largest absolute Gasteiger partial charge is 0.481 e. The summed E-state index contributed by atoms with van der Waals surface area (Å²) in [5, 5.41) is 11.8. The third kappa shape index (κ3) is 4.37. The maximum absolute atomic E-state index is 12.1. The maximum Gasteiger partial charge on any atom is 0.317 e. The lowest BCUT2D eigenvalue weighted by atomic mass is 10.1. The minimum absolute atomic E-state index is 0.0551. The Morgan fingerprint density at radius 1 is 1.10 bits per heavy atom. The number of nitrogens with one attached hydrogen (secondary N) is 1. The van der Waals surface area contributed by atoms with Crippen LogP contribution in [0.2, 0.25) is 0 Å². The van der Waals surface area contributed by atoms with Crippen LogP contribution in [0.4, 0.5) is 4.79 Å². The number of carboxylic acid groups (broad SMARTS) is 1. The van der Waals surface area contributed by atoms with Gasteiger partial charge in [0.2, 0.25) is 0 Å². The van der Waals surface area contributed by atoms with Gasteiger partial charge in [-0.3, -0.25) is 4.79 Å². The van der Waals surface area contributed by atoms with E-state index in [-0.39, 0.29) is 18.5 Å². The molecule has 6 nitrogen and oxygen atoms in total. The molecule has 1 unspecified atom stereocenters. The van der Waals surface area contributed by atoms with E-state index in [1.807, 2.05) is 0 Å². The minimum Gasteiger partial charge on any atom is -0.481 e. The number of carbonyl (C=O) groups is 2. The third-order valence-corrected chi connectivity index (χ3v) is 4.20. The summed E-state index contributed by atoms with van der Waals surface area (Å²) in [6.45, 7) is 4.47. The lowest BCUT2D eigenvalue weighted by Gasteiger charge is -2.28. The second kappa shape index (κ2) is 7.47. The summed E-state index contributed by atoms with van der Waals surface area (Å²) in [4.78, 5) is 26.9. The molecule has 0 radical (unpaired) electrons. The molecular weight excluding hydrogens is 258 g/mol. The first-order valence-corrected chi connectivity index (χ1v) is 7.65. The first-order valence-electron chi connectivity index (χ1n) is 7.65. The Kier molecular flexibility index (Phi) is 5.64. The molecule has 2 aliphatic heterocycles. The normalized spacial score (nSPS) is 23.8. The summed E-state index contributed by atoms with van der Waals surface area (Å²) >= 11 is 0. The number of nitrogens with zero attached hydrogens (tertiary/aromatic N) is 2. The number of amides is 2. The summed E-state index contributed by atoms with van der Waals surface area (Å²) in [7, 11) is 0. The number of hydrogen-bond acceptors (Lipinski definition) is 3. The van der Waals surface area contributed by atoms with Crippen molar-refractivity contribution in [1.82, 2.24) is 15.1 Å². The van der Waals surface area contributed by atoms with E-state index in [0.717, 1.165) is 32.5 Å². The topological polar surface area (TPSA) is 72.9 Å². The Labute approximate surface area is 120 Å². The molecule has 114 valence electrons. The summed E-state index contributed by atoms with van der Waals surface area (Å²) in [5.74, 6) is -0.831. The van der Waals surface area contributed by atoms with E-state index in [1.54, 1.807) is 4.90 Å². The fourth-order valence-corrected chi connectivity index (χ4v) is 3.12. The van der Waals surface area contributed by atoms with Crippen molar-refractivity contribution in [2.45, 2.75) is 44.6 Å². The minimum atomic E-state index is -0.831. The Hall–Kier alpha value is -1.30. The molecule has 20 heavy (non-hydrogen) atoms. The predicted molar refractivity (Wildman–Crippen MR) is 75.7 cm³/mol. The number of carboxylic acids is 1. The van der Waals surface area contributed by atoms with Gasteiger partial charge in [0.1, 0.15) is 0 Å². The maximum atomic E-state index is 12.1. The Balaban J connectivity index is 1.69. The van der Waals surface area contributed by atoms with Crippen molar-refractivity contribution in [3.05, 3.63) is 0 Å². The number of piperidine rings is 1. The van der Waals surface area contributed by atoms with Gasteiger partial charge in [-0.1, -0.05) is 6.42 Å². The van der Waals surface area contributed by atoms with Crippen LogP contribution in [0, 0.1) is 0 Å². The summed E-state index contributed by atoms with van der Waals surface area (Å²) < 4.78 is 0. The molecule has 2 heterocycles. The zero-order valence-corrected chi connectivity index (χ0v) is 12.0. The van der Waals surface area contributed by atoms with E-state index >= 15 is 0 Å². The number of carbonyl (C=O) groups excluding carboxylic acids is 1. The van der Waals surface area contributed by atoms with Crippen LogP contribution in [0.15, 0.2) is 0 Å². The van der Waals surface area contributed by atoms with Gasteiger partial charge >= 0.3 is 12.0 Å². The van der Waals surface area contributed by atoms with Gasteiger partial charge in [-0.15, -0.1) is 0 Å². The van der Waals surface area contributed by atoms with Gasteiger partial charge in [-0.2, -0.15) is 0 Å². The van der Waals surface area contributed by atoms with Gasteiger partial charge in [-0.25, -0.2) is 4.79 Å². The van der Waals surface area contributed by atoms with Crippen molar-refractivity contribution in [3.8, 4) is 0 Å². The highest BCUT2D eigenvalue weighted by Gasteiger charge is 2.30. The van der Waals surface area contributed by atoms with Crippen LogP contribution < -0.4 is 5.32 Å². The number of likely N-dealkylation sites (tertiary alicyclic amines) is 2. The van der Waals surface area contributed by atoms with Gasteiger partial charge in [-0.05, 0) is 38.8 Å². The molecular formula is C14H25N3O3. The van der Waals surface area contributed by atoms with E-state index in [4.69, 9.17) is 5.11 Å². The highest BCUT2D eigenvalue weighted by Crippen LogP contribution is 2.19. The second-order valence-corrected chi connectivity index (χ2v) is 5.72. The van der Waals surface area contributed by atoms with Crippen molar-refractivity contribution in [2.24, 2.45) is 0 Å². The van der Waals surface area contributed by atoms with Gasteiger partial charge in [0.05, 0.1) is 6.42 Å². The molecule has 2 saturated heterocycles. The first kappa shape index (κ1) is 15.1. The van der Waals surface area contributed by atoms with Crippen LogP contribution in [0.25, 0.3) is 0 Å². The number of hydrogen-bond donors (Lipinski definition) is 2. The molecule has 0 aliphatic carbocycles. The molecule has 2 rings (SSSR count). The Morgan fingerprint density at radius 3 is 2.55 bits per heavy atom. The molecule has 1 atom stereocenters. The molecule has 0 aromatic rings. The lowest BCUT2D eigenvalue weighted by Crippen LogP contribution is -2.46. The van der Waals surface area contributed by atoms with Crippen LogP contribution >= 0.6 is 0 Å². The summed E-state index contributed by atoms with van der Waals surface area (Å²) in [6, 6.07) is -0.242. The second-order valence-electron chi connectivity index (χ2n) is 5.72. The fraction of sp³-hybridized carbons (Fsp3) is 0.857. The van der Waals surface area contributed by atoms with Gasteiger partial charge in [0, 0.05) is 25.7 Å². The molecule has 2 aliphatic rings. The average molecular weight is 283 g/mol. The summed E-state index contributed by atoms with van der Waals surface area (Å²) in [5.41, 5.74) is 0. The molecule has 0 aromatic carbocycles. The van der Waals surface area contributed by atoms with E-state index in [9.17, 15) is 9.59 Å². The van der Waals surface area contributed by atoms with Crippen LogP contribution in [0.5, 0.6) is 0 Å². The molecule has 0 spiro atoms. The SMILES string of the molecule is O=C(O)CC1CCCN1C(=O)NCCN1CCCCC1. The third-order valence-electron chi connectivity index (χ3n) is 4.20. The van der Waals surface area contributed by atoms with Crippen LogP contribution in [-0.4, -0.2) is 65.7 Å². The number of aliphatic carboxylic acids is 1. The quantitative estimate of drug-likeness (QED) is 0.793. The van der Waals surface area contributed by atoms with Crippen LogP contribution in [0.3, 0.4) is 0 Å². The number of urea groups is 1. The molecule has 2 fully saturated rings. The van der Waals surface area contributed by atoms with Crippen molar-refractivity contribution in [1.29, 1.82) is 0 Å². The van der Waals surface area contributed by atoms with Crippen molar-refractivity contribution in [3.63, 3.8) is 0 Å². The first-order chi connectivity index (χ1) is 9.66. The standard InChI is InChI=1S/C14H25N3O3/c18-13(19)11-12-5-4-9-17(12)14(20)15-6-10-16-7-2-1-3-8-16/h12H,1-11H2,(H,15,20)(H,18,19). The van der Waals surface area contributed by atoms with Crippen LogP contribution in [-0.2, 0) is 4.79 Å². The van der Waals surface area contributed by atoms with Crippen molar-refractivity contribution >= 4 is 12.0 Å². The van der Waals surface area contributed by atoms with Crippen LogP contribution in [0.1, 0.15) is 38.5 Å². The van der Waals surface area contributed by atoms with E-state index in [1.165, 1.54) is 19.3 Å². The average Bonchev–Trinajstić information content (AvgIpc) is 2.87. The summed E-state index contributed by atoms with van der Waals surface area (Å²) in [6.07, 6.45) is 5.57. The van der Waals surface area contributed by atoms with E-state index < -0.39 is 5.97 Å².